The van der Waals surface area contributed by atoms with E-state index >= 15 is 0 Å². The highest BCUT2D eigenvalue weighted by Crippen LogP contribution is 2.22. The lowest BCUT2D eigenvalue weighted by Gasteiger charge is -2.23. The van der Waals surface area contributed by atoms with Crippen LogP contribution in [0, 0.1) is 0 Å². The lowest BCUT2D eigenvalue weighted by atomic mass is 10.2. The Morgan fingerprint density at radius 2 is 1.50 bits per heavy atom. The van der Waals surface area contributed by atoms with Gasteiger partial charge in [0.25, 0.3) is 0 Å². The van der Waals surface area contributed by atoms with Gasteiger partial charge in [0.1, 0.15) is 5.69 Å². The molecular weight excluding hydrogens is 398 g/mol. The smallest absolute Gasteiger partial charge is 0.371 e. The van der Waals surface area contributed by atoms with Gasteiger partial charge in [0.05, 0.1) is 38.6 Å². The molecule has 0 spiro atoms. The molecular formula is C25H46N7+3. The molecule has 7 nitrogen and oxygen atoms in total. The number of nitrogens with zero attached hydrogens (tertiary/aromatic N) is 5. The van der Waals surface area contributed by atoms with Crippen molar-refractivity contribution in [1.82, 2.24) is 4.57 Å². The van der Waals surface area contributed by atoms with Crippen LogP contribution in [0.1, 0.15) is 65.2 Å². The third-order valence-corrected chi connectivity index (χ3v) is 5.77. The number of benzene rings is 1. The highest BCUT2D eigenvalue weighted by atomic mass is 15.3. The van der Waals surface area contributed by atoms with Gasteiger partial charge in [0.15, 0.2) is 0 Å². The van der Waals surface area contributed by atoms with Crippen molar-refractivity contribution in [3.8, 4) is 0 Å². The van der Waals surface area contributed by atoms with Crippen LogP contribution in [-0.2, 0) is 13.1 Å². The highest BCUT2D eigenvalue weighted by molar-refractivity contribution is 5.52. The van der Waals surface area contributed by atoms with Crippen molar-refractivity contribution in [3.63, 3.8) is 0 Å². The Balaban J connectivity index is 2.13. The van der Waals surface area contributed by atoms with Crippen molar-refractivity contribution in [3.05, 3.63) is 36.7 Å². The summed E-state index contributed by atoms with van der Waals surface area (Å²) in [4.78, 5) is 2.43. The molecule has 0 aliphatic heterocycles. The van der Waals surface area contributed by atoms with Crippen LogP contribution >= 0.6 is 0 Å². The Morgan fingerprint density at radius 1 is 0.844 bits per heavy atom. The summed E-state index contributed by atoms with van der Waals surface area (Å²) in [5.41, 5.74) is 10.1. The zero-order chi connectivity index (χ0) is 23.0. The number of anilines is 1. The third-order valence-electron chi connectivity index (χ3n) is 5.77. The van der Waals surface area contributed by atoms with Crippen molar-refractivity contribution >= 4 is 17.3 Å². The molecule has 0 aliphatic rings. The number of aromatic nitrogens is 2. The summed E-state index contributed by atoms with van der Waals surface area (Å²) in [6.07, 6.45) is 13.8. The summed E-state index contributed by atoms with van der Waals surface area (Å²) >= 11 is 0. The topological polar surface area (TPSA) is 92.0 Å². The summed E-state index contributed by atoms with van der Waals surface area (Å²) in [6, 6.07) is 8.48. The average molecular weight is 445 g/mol. The number of rotatable bonds is 17. The SMILES string of the molecule is CCCCCn1cc[n+](CCCCC)c1N=Nc1ccc(N(CCC[NH3+])CCC[NH3+])cc1. The minimum absolute atomic E-state index is 0.893. The van der Waals surface area contributed by atoms with E-state index in [1.54, 1.807) is 0 Å². The number of aryl methyl sites for hydroxylation is 2. The first-order chi connectivity index (χ1) is 15.7. The number of hydrogen-bond donors (Lipinski definition) is 2. The van der Waals surface area contributed by atoms with E-state index in [4.69, 9.17) is 0 Å². The fourth-order valence-electron chi connectivity index (χ4n) is 3.80. The Kier molecular flexibility index (Phi) is 12.6. The molecule has 1 heterocycles. The first-order valence-corrected chi connectivity index (χ1v) is 12.7. The maximum absolute atomic E-state index is 4.69. The highest BCUT2D eigenvalue weighted by Gasteiger charge is 2.17. The second-order valence-electron chi connectivity index (χ2n) is 8.52. The van der Waals surface area contributed by atoms with E-state index in [1.165, 1.54) is 44.2 Å². The number of imidazole rings is 1. The molecule has 178 valence electrons. The van der Waals surface area contributed by atoms with Gasteiger partial charge in [-0.15, -0.1) is 0 Å². The minimum Gasteiger partial charge on any atom is -0.371 e. The Morgan fingerprint density at radius 3 is 2.12 bits per heavy atom. The number of unbranched alkanes of at least 4 members (excludes halogenated alkanes) is 4. The van der Waals surface area contributed by atoms with E-state index in [1.807, 2.05) is 0 Å². The van der Waals surface area contributed by atoms with Crippen LogP contribution < -0.4 is 20.9 Å². The van der Waals surface area contributed by atoms with Crippen LogP contribution in [0.3, 0.4) is 0 Å². The zero-order valence-electron chi connectivity index (χ0n) is 20.5. The standard InChI is InChI=1S/C25H44N7/c1-3-5-7-17-31-21-22-32(18-8-6-4-2)25(31)29-28-23-11-13-24(14-12-23)30(19-9-15-26)20-10-16-27/h11-14,21-22H,3-10,15-20,26-27H2,1-2H3/q+1/p+2. The second-order valence-corrected chi connectivity index (χ2v) is 8.52. The minimum atomic E-state index is 0.893. The summed E-state index contributed by atoms with van der Waals surface area (Å²) in [5, 5.41) is 9.28. The quantitative estimate of drug-likeness (QED) is 0.218. The van der Waals surface area contributed by atoms with Crippen LogP contribution in [0.25, 0.3) is 0 Å². The van der Waals surface area contributed by atoms with Gasteiger partial charge in [-0.3, -0.25) is 0 Å². The number of hydrogen-bond acceptors (Lipinski definition) is 3. The largest absolute Gasteiger partial charge is 0.421 e. The van der Waals surface area contributed by atoms with Gasteiger partial charge < -0.3 is 16.4 Å². The molecule has 1 aromatic carbocycles. The molecule has 0 unspecified atom stereocenters. The fraction of sp³-hybridized carbons (Fsp3) is 0.640. The predicted octanol–water partition coefficient (Wildman–Crippen LogP) is 3.64. The fourth-order valence-corrected chi connectivity index (χ4v) is 3.80. The molecule has 0 atom stereocenters. The summed E-state index contributed by atoms with van der Waals surface area (Å²) in [7, 11) is 0. The molecule has 0 saturated heterocycles. The molecule has 0 aliphatic carbocycles. The normalized spacial score (nSPS) is 11.5. The molecule has 0 fully saturated rings. The van der Waals surface area contributed by atoms with E-state index in [0.29, 0.717) is 0 Å². The van der Waals surface area contributed by atoms with Gasteiger partial charge in [0, 0.05) is 36.7 Å². The lowest BCUT2D eigenvalue weighted by molar-refractivity contribution is -0.684. The molecule has 6 N–H and O–H groups in total. The zero-order valence-corrected chi connectivity index (χ0v) is 20.5. The van der Waals surface area contributed by atoms with Gasteiger partial charge in [0.2, 0.25) is 0 Å². The van der Waals surface area contributed by atoms with E-state index < -0.39 is 0 Å². The van der Waals surface area contributed by atoms with Crippen LogP contribution in [-0.4, -0.2) is 30.7 Å². The molecule has 0 radical (unpaired) electrons. The van der Waals surface area contributed by atoms with Gasteiger partial charge in [-0.2, -0.15) is 0 Å². The molecule has 0 amide bonds. The van der Waals surface area contributed by atoms with Crippen molar-refractivity contribution in [1.29, 1.82) is 0 Å². The number of quaternary nitrogens is 2. The molecule has 32 heavy (non-hydrogen) atoms. The molecule has 0 saturated carbocycles. The van der Waals surface area contributed by atoms with E-state index in [0.717, 1.165) is 63.7 Å². The molecule has 1 aromatic heterocycles. The third kappa shape index (κ3) is 8.71. The maximum Gasteiger partial charge on any atom is 0.421 e. The Bertz CT molecular complexity index is 732. The van der Waals surface area contributed by atoms with Crippen molar-refractivity contribution < 1.29 is 16.0 Å². The first-order valence-electron chi connectivity index (χ1n) is 12.7. The van der Waals surface area contributed by atoms with Crippen LogP contribution in [0.4, 0.5) is 17.3 Å². The van der Waals surface area contributed by atoms with Gasteiger partial charge >= 0.3 is 5.95 Å². The van der Waals surface area contributed by atoms with Gasteiger partial charge in [-0.1, -0.05) is 44.6 Å². The molecule has 2 aromatic rings. The summed E-state index contributed by atoms with van der Waals surface area (Å²) in [6.45, 7) is 10.5. The van der Waals surface area contributed by atoms with E-state index in [2.05, 4.69) is 86.2 Å². The molecule has 2 rings (SSSR count). The Labute approximate surface area is 194 Å². The number of azo groups is 1. The van der Waals surface area contributed by atoms with E-state index in [9.17, 15) is 0 Å². The molecule has 7 heteroatoms. The summed E-state index contributed by atoms with van der Waals surface area (Å²) < 4.78 is 4.50. The predicted molar refractivity (Wildman–Crippen MR) is 131 cm³/mol. The van der Waals surface area contributed by atoms with Gasteiger partial charge in [-0.25, -0.2) is 9.13 Å². The lowest BCUT2D eigenvalue weighted by Crippen LogP contribution is -2.52. The van der Waals surface area contributed by atoms with Gasteiger partial charge in [-0.05, 0) is 37.1 Å². The van der Waals surface area contributed by atoms with E-state index in [-0.39, 0.29) is 0 Å². The maximum atomic E-state index is 4.69. The van der Waals surface area contributed by atoms with Crippen molar-refractivity contribution in [2.24, 2.45) is 10.2 Å². The van der Waals surface area contributed by atoms with Crippen molar-refractivity contribution in [2.75, 3.05) is 31.1 Å². The average Bonchev–Trinajstić information content (AvgIpc) is 3.20. The molecule has 0 bridgehead atoms. The first kappa shape index (κ1) is 26.0. The van der Waals surface area contributed by atoms with Crippen LogP contribution in [0.5, 0.6) is 0 Å². The van der Waals surface area contributed by atoms with Crippen LogP contribution in [0.2, 0.25) is 0 Å². The Hall–Kier alpha value is -2.25. The second kappa shape index (κ2) is 15.5. The van der Waals surface area contributed by atoms with Crippen LogP contribution in [0.15, 0.2) is 46.9 Å². The van der Waals surface area contributed by atoms with Crippen molar-refractivity contribution in [2.45, 2.75) is 78.3 Å². The summed E-state index contributed by atoms with van der Waals surface area (Å²) in [5.74, 6) is 0.953. The monoisotopic (exact) mass is 444 g/mol.